The monoisotopic (exact) mass is 377 g/mol. The molecular weight excluding hydrogens is 354 g/mol. The highest BCUT2D eigenvalue weighted by Crippen LogP contribution is 2.29. The lowest BCUT2D eigenvalue weighted by atomic mass is 10.1. The summed E-state index contributed by atoms with van der Waals surface area (Å²) in [5, 5.41) is 5.11. The Kier molecular flexibility index (Phi) is 4.34. The smallest absolute Gasteiger partial charge is 0.256 e. The van der Waals surface area contributed by atoms with E-state index >= 15 is 0 Å². The fourth-order valence-corrected chi connectivity index (χ4v) is 3.56. The fraction of sp³-hybridized carbons (Fsp3) is 0.273. The van der Waals surface area contributed by atoms with Gasteiger partial charge in [-0.3, -0.25) is 9.36 Å². The number of carbonyl (C=O) groups is 1. The van der Waals surface area contributed by atoms with Gasteiger partial charge in [0, 0.05) is 29.9 Å². The number of aryl methyl sites for hydroxylation is 2. The highest BCUT2D eigenvalue weighted by atomic mass is 16.5. The van der Waals surface area contributed by atoms with Crippen molar-refractivity contribution in [2.24, 2.45) is 0 Å². The van der Waals surface area contributed by atoms with Gasteiger partial charge in [0.2, 0.25) is 0 Å². The van der Waals surface area contributed by atoms with Gasteiger partial charge in [-0.1, -0.05) is 23.4 Å². The van der Waals surface area contributed by atoms with E-state index in [1.54, 1.807) is 11.9 Å². The summed E-state index contributed by atoms with van der Waals surface area (Å²) in [5.41, 5.74) is 3.23. The van der Waals surface area contributed by atoms with Gasteiger partial charge >= 0.3 is 0 Å². The van der Waals surface area contributed by atoms with Crippen LogP contribution in [0.15, 0.2) is 51.4 Å². The lowest BCUT2D eigenvalue weighted by Crippen LogP contribution is -2.29. The summed E-state index contributed by atoms with van der Waals surface area (Å²) in [5.74, 6) is 2.11. The Bertz CT molecular complexity index is 1130. The number of carbonyl (C=O) groups excluding carboxylic acids is 1. The number of nitrogens with zero attached hydrogens (tertiary/aromatic N) is 3. The topological polar surface area (TPSA) is 64.4 Å². The van der Waals surface area contributed by atoms with E-state index in [2.05, 4.69) is 5.16 Å². The molecule has 6 nitrogen and oxygen atoms in total. The Hall–Kier alpha value is -3.28. The highest BCUT2D eigenvalue weighted by Gasteiger charge is 2.26. The van der Waals surface area contributed by atoms with Gasteiger partial charge in [-0.2, -0.15) is 0 Å². The molecule has 0 aliphatic rings. The number of hydrogen-bond donors (Lipinski definition) is 0. The molecule has 1 amide bonds. The summed E-state index contributed by atoms with van der Waals surface area (Å²) in [4.78, 5) is 14.9. The summed E-state index contributed by atoms with van der Waals surface area (Å²) in [6, 6.07) is 13.4. The zero-order valence-corrected chi connectivity index (χ0v) is 16.7. The SMILES string of the molecule is Cc1cc(-n2c(C)cc(C(=O)N(C)[C@@H](C)c3cc4ccccc4o3)c2C)no1. The molecule has 0 spiro atoms. The minimum atomic E-state index is -0.197. The molecule has 1 aromatic carbocycles. The van der Waals surface area contributed by atoms with E-state index in [1.807, 2.05) is 74.7 Å². The lowest BCUT2D eigenvalue weighted by molar-refractivity contribution is 0.0727. The summed E-state index contributed by atoms with van der Waals surface area (Å²) in [7, 11) is 1.80. The predicted molar refractivity (Wildman–Crippen MR) is 107 cm³/mol. The number of aromatic nitrogens is 2. The molecule has 0 radical (unpaired) electrons. The number of benzene rings is 1. The third-order valence-electron chi connectivity index (χ3n) is 5.26. The van der Waals surface area contributed by atoms with Crippen LogP contribution in [-0.4, -0.2) is 27.6 Å². The van der Waals surface area contributed by atoms with E-state index < -0.39 is 0 Å². The molecule has 28 heavy (non-hydrogen) atoms. The standard InChI is InChI=1S/C22H23N3O3/c1-13-10-18(15(3)25(13)21-11-14(2)28-23-21)22(26)24(5)16(4)20-12-17-8-6-7-9-19(17)27-20/h6-12,16H,1-5H3/t16-/m0/s1. The summed E-state index contributed by atoms with van der Waals surface area (Å²) >= 11 is 0. The maximum Gasteiger partial charge on any atom is 0.256 e. The third-order valence-corrected chi connectivity index (χ3v) is 5.26. The number of amides is 1. The average Bonchev–Trinajstić information content (AvgIpc) is 3.37. The Morgan fingerprint density at radius 2 is 1.89 bits per heavy atom. The molecule has 0 unspecified atom stereocenters. The molecule has 0 aliphatic carbocycles. The number of hydrogen-bond acceptors (Lipinski definition) is 4. The number of furan rings is 1. The maximum absolute atomic E-state index is 13.2. The van der Waals surface area contributed by atoms with Gasteiger partial charge in [0.05, 0.1) is 11.6 Å². The van der Waals surface area contributed by atoms with Crippen LogP contribution in [0.1, 0.15) is 46.2 Å². The molecule has 0 bridgehead atoms. The van der Waals surface area contributed by atoms with E-state index in [-0.39, 0.29) is 11.9 Å². The molecule has 0 aliphatic heterocycles. The van der Waals surface area contributed by atoms with Crippen molar-refractivity contribution in [1.82, 2.24) is 14.6 Å². The van der Waals surface area contributed by atoms with Gasteiger partial charge in [0.1, 0.15) is 17.1 Å². The zero-order valence-electron chi connectivity index (χ0n) is 16.7. The summed E-state index contributed by atoms with van der Waals surface area (Å²) in [6.45, 7) is 7.69. The Labute approximate surface area is 163 Å². The van der Waals surface area contributed by atoms with E-state index in [0.717, 1.165) is 33.9 Å². The van der Waals surface area contributed by atoms with Gasteiger partial charge in [-0.25, -0.2) is 0 Å². The highest BCUT2D eigenvalue weighted by molar-refractivity contribution is 5.96. The van der Waals surface area contributed by atoms with E-state index in [1.165, 1.54) is 0 Å². The Morgan fingerprint density at radius 1 is 1.14 bits per heavy atom. The van der Waals surface area contributed by atoms with Crippen LogP contribution < -0.4 is 0 Å². The first kappa shape index (κ1) is 18.1. The van der Waals surface area contributed by atoms with Crippen molar-refractivity contribution < 1.29 is 13.7 Å². The average molecular weight is 377 g/mol. The van der Waals surface area contributed by atoms with Crippen LogP contribution in [0.4, 0.5) is 0 Å². The van der Waals surface area contributed by atoms with Gasteiger partial charge in [-0.15, -0.1) is 0 Å². The van der Waals surface area contributed by atoms with Gasteiger partial charge in [0.25, 0.3) is 5.91 Å². The van der Waals surface area contributed by atoms with Crippen molar-refractivity contribution in [3.05, 3.63) is 70.9 Å². The van der Waals surface area contributed by atoms with Crippen LogP contribution in [0.3, 0.4) is 0 Å². The first-order chi connectivity index (χ1) is 13.4. The molecule has 0 saturated carbocycles. The van der Waals surface area contributed by atoms with Crippen LogP contribution in [0.25, 0.3) is 16.8 Å². The fourth-order valence-electron chi connectivity index (χ4n) is 3.56. The van der Waals surface area contributed by atoms with Crippen molar-refractivity contribution in [2.75, 3.05) is 7.05 Å². The Morgan fingerprint density at radius 3 is 2.57 bits per heavy atom. The molecule has 144 valence electrons. The maximum atomic E-state index is 13.2. The summed E-state index contributed by atoms with van der Waals surface area (Å²) < 4.78 is 13.1. The molecule has 6 heteroatoms. The van der Waals surface area contributed by atoms with E-state index in [9.17, 15) is 4.79 Å². The van der Waals surface area contributed by atoms with Crippen molar-refractivity contribution >= 4 is 16.9 Å². The molecule has 3 aromatic heterocycles. The van der Waals surface area contributed by atoms with Crippen LogP contribution in [0.5, 0.6) is 0 Å². The van der Waals surface area contributed by atoms with Gasteiger partial charge in [0.15, 0.2) is 5.82 Å². The van der Waals surface area contributed by atoms with Crippen LogP contribution in [-0.2, 0) is 0 Å². The van der Waals surface area contributed by atoms with Crippen molar-refractivity contribution in [1.29, 1.82) is 0 Å². The molecule has 3 heterocycles. The summed E-state index contributed by atoms with van der Waals surface area (Å²) in [6.07, 6.45) is 0. The molecular formula is C22H23N3O3. The van der Waals surface area contributed by atoms with Gasteiger partial charge in [-0.05, 0) is 45.9 Å². The van der Waals surface area contributed by atoms with Crippen molar-refractivity contribution in [2.45, 2.75) is 33.7 Å². The molecule has 0 N–H and O–H groups in total. The lowest BCUT2D eigenvalue weighted by Gasteiger charge is -2.23. The normalized spacial score (nSPS) is 12.5. The van der Waals surface area contributed by atoms with Crippen molar-refractivity contribution in [3.8, 4) is 5.82 Å². The second-order valence-electron chi connectivity index (χ2n) is 7.19. The molecule has 4 rings (SSSR count). The van der Waals surface area contributed by atoms with Crippen LogP contribution >= 0.6 is 0 Å². The minimum absolute atomic E-state index is 0.0625. The number of rotatable bonds is 4. The Balaban J connectivity index is 1.65. The molecule has 0 fully saturated rings. The molecule has 0 saturated heterocycles. The molecule has 4 aromatic rings. The second kappa shape index (κ2) is 6.71. The quantitative estimate of drug-likeness (QED) is 0.504. The van der Waals surface area contributed by atoms with Crippen molar-refractivity contribution in [3.63, 3.8) is 0 Å². The van der Waals surface area contributed by atoms with Crippen LogP contribution in [0.2, 0.25) is 0 Å². The number of para-hydroxylation sites is 1. The van der Waals surface area contributed by atoms with Gasteiger partial charge < -0.3 is 13.8 Å². The largest absolute Gasteiger partial charge is 0.459 e. The van der Waals surface area contributed by atoms with E-state index in [0.29, 0.717) is 11.4 Å². The van der Waals surface area contributed by atoms with E-state index in [4.69, 9.17) is 8.94 Å². The minimum Gasteiger partial charge on any atom is -0.459 e. The third kappa shape index (κ3) is 2.91. The molecule has 1 atom stereocenters. The first-order valence-corrected chi connectivity index (χ1v) is 9.25. The zero-order chi connectivity index (χ0) is 20.0. The number of fused-ring (bicyclic) bond motifs is 1. The first-order valence-electron chi connectivity index (χ1n) is 9.25. The second-order valence-corrected chi connectivity index (χ2v) is 7.19. The van der Waals surface area contributed by atoms with Crippen LogP contribution in [0, 0.1) is 20.8 Å². The predicted octanol–water partition coefficient (Wildman–Crippen LogP) is 4.97.